The van der Waals surface area contributed by atoms with E-state index in [-0.39, 0.29) is 18.0 Å². The smallest absolute Gasteiger partial charge is 0.406 e. The van der Waals surface area contributed by atoms with Gasteiger partial charge in [0.1, 0.15) is 11.5 Å². The molecule has 1 fully saturated rings. The van der Waals surface area contributed by atoms with Crippen LogP contribution in [0.4, 0.5) is 13.2 Å². The van der Waals surface area contributed by atoms with Gasteiger partial charge in [0.15, 0.2) is 0 Å². The van der Waals surface area contributed by atoms with Gasteiger partial charge in [-0.1, -0.05) is 25.0 Å². The van der Waals surface area contributed by atoms with Crippen molar-refractivity contribution in [2.75, 3.05) is 0 Å². The molecule has 116 valence electrons. The number of hydrogen-bond acceptors (Lipinski definition) is 3. The second-order valence-electron chi connectivity index (χ2n) is 5.65. The van der Waals surface area contributed by atoms with Crippen LogP contribution in [0.2, 0.25) is 0 Å². The minimum Gasteiger partial charge on any atom is -0.406 e. The zero-order valence-corrected chi connectivity index (χ0v) is 11.6. The van der Waals surface area contributed by atoms with Crippen LogP contribution in [0, 0.1) is 0 Å². The second kappa shape index (κ2) is 6.05. The quantitative estimate of drug-likeness (QED) is 0.907. The molecule has 0 atom stereocenters. The number of rotatable bonds is 5. The third-order valence-corrected chi connectivity index (χ3v) is 3.71. The van der Waals surface area contributed by atoms with Crippen molar-refractivity contribution in [1.82, 2.24) is 0 Å². The molecule has 3 nitrogen and oxygen atoms in total. The van der Waals surface area contributed by atoms with Crippen molar-refractivity contribution in [2.24, 2.45) is 5.73 Å². The van der Waals surface area contributed by atoms with E-state index < -0.39 is 11.9 Å². The number of hydrogen-bond donors (Lipinski definition) is 1. The van der Waals surface area contributed by atoms with Crippen LogP contribution in [0.25, 0.3) is 0 Å². The minimum absolute atomic E-state index is 0.0175. The van der Waals surface area contributed by atoms with E-state index in [4.69, 9.17) is 5.73 Å². The Balaban J connectivity index is 1.89. The van der Waals surface area contributed by atoms with Gasteiger partial charge < -0.3 is 10.5 Å². The Bertz CT molecular complexity index is 491. The number of carbonyl (C=O) groups excluding carboxylic acids is 1. The summed E-state index contributed by atoms with van der Waals surface area (Å²) in [4.78, 5) is 12.0. The Kier molecular flexibility index (Phi) is 4.56. The van der Waals surface area contributed by atoms with E-state index in [1.54, 1.807) is 0 Å². The van der Waals surface area contributed by atoms with Crippen molar-refractivity contribution >= 4 is 5.78 Å². The maximum Gasteiger partial charge on any atom is 0.573 e. The molecule has 0 aromatic heterocycles. The molecule has 2 rings (SSSR count). The lowest BCUT2D eigenvalue weighted by molar-refractivity contribution is -0.274. The van der Waals surface area contributed by atoms with Gasteiger partial charge in [-0.05, 0) is 30.5 Å². The fraction of sp³-hybridized carbons (Fsp3) is 0.533. The van der Waals surface area contributed by atoms with Gasteiger partial charge >= 0.3 is 6.36 Å². The summed E-state index contributed by atoms with van der Waals surface area (Å²) in [6.45, 7) is 0. The molecule has 0 aliphatic heterocycles. The molecule has 1 aromatic rings. The van der Waals surface area contributed by atoms with Crippen molar-refractivity contribution < 1.29 is 22.7 Å². The molecule has 0 unspecified atom stereocenters. The number of halogens is 3. The fourth-order valence-corrected chi connectivity index (χ4v) is 2.75. The van der Waals surface area contributed by atoms with Crippen LogP contribution in [0.5, 0.6) is 5.75 Å². The van der Waals surface area contributed by atoms with Gasteiger partial charge in [-0.3, -0.25) is 4.79 Å². The maximum atomic E-state index is 12.0. The van der Waals surface area contributed by atoms with Crippen molar-refractivity contribution in [3.8, 4) is 5.75 Å². The number of ether oxygens (including phenoxy) is 1. The highest BCUT2D eigenvalue weighted by atomic mass is 19.4. The number of alkyl halides is 3. The summed E-state index contributed by atoms with van der Waals surface area (Å²) in [5.41, 5.74) is 6.41. The van der Waals surface area contributed by atoms with E-state index >= 15 is 0 Å². The summed E-state index contributed by atoms with van der Waals surface area (Å²) >= 11 is 0. The Hall–Kier alpha value is -1.56. The van der Waals surface area contributed by atoms with Gasteiger partial charge in [0, 0.05) is 18.4 Å². The van der Waals surface area contributed by atoms with E-state index in [2.05, 4.69) is 4.74 Å². The van der Waals surface area contributed by atoms with Crippen LogP contribution in [-0.2, 0) is 11.2 Å². The molecule has 1 aliphatic rings. The van der Waals surface area contributed by atoms with Gasteiger partial charge in [0.25, 0.3) is 0 Å². The highest BCUT2D eigenvalue weighted by Crippen LogP contribution is 2.30. The Morgan fingerprint density at radius 2 is 1.76 bits per heavy atom. The van der Waals surface area contributed by atoms with Crippen LogP contribution in [0.3, 0.4) is 0 Å². The molecule has 21 heavy (non-hydrogen) atoms. The maximum absolute atomic E-state index is 12.0. The van der Waals surface area contributed by atoms with Crippen LogP contribution < -0.4 is 10.5 Å². The summed E-state index contributed by atoms with van der Waals surface area (Å²) in [5.74, 6) is -0.270. The van der Waals surface area contributed by atoms with Crippen LogP contribution in [-0.4, -0.2) is 17.7 Å². The highest BCUT2D eigenvalue weighted by molar-refractivity contribution is 5.82. The van der Waals surface area contributed by atoms with Gasteiger partial charge in [-0.25, -0.2) is 0 Å². The summed E-state index contributed by atoms with van der Waals surface area (Å²) in [6.07, 6.45) is -0.375. The summed E-state index contributed by atoms with van der Waals surface area (Å²) < 4.78 is 39.9. The average Bonchev–Trinajstić information content (AvgIpc) is 2.76. The number of ketones is 1. The van der Waals surface area contributed by atoms with E-state index in [0.717, 1.165) is 25.7 Å². The second-order valence-corrected chi connectivity index (χ2v) is 5.65. The van der Waals surface area contributed by atoms with E-state index in [1.807, 2.05) is 0 Å². The Morgan fingerprint density at radius 3 is 2.29 bits per heavy atom. The van der Waals surface area contributed by atoms with Gasteiger partial charge in [-0.2, -0.15) is 0 Å². The topological polar surface area (TPSA) is 52.3 Å². The number of carbonyl (C=O) groups is 1. The normalized spacial score (nSPS) is 17.7. The fourth-order valence-electron chi connectivity index (χ4n) is 2.75. The third kappa shape index (κ3) is 5.04. The molecule has 1 aliphatic carbocycles. The molecule has 0 heterocycles. The van der Waals surface area contributed by atoms with E-state index in [9.17, 15) is 18.0 Å². The molecular formula is C15H18F3NO2. The number of benzene rings is 1. The first-order valence-corrected chi connectivity index (χ1v) is 6.91. The number of nitrogens with two attached hydrogens (primary N) is 1. The van der Waals surface area contributed by atoms with Gasteiger partial charge in [-0.15, -0.1) is 13.2 Å². The molecular weight excluding hydrogens is 283 g/mol. The summed E-state index contributed by atoms with van der Waals surface area (Å²) in [6, 6.07) is 5.36. The van der Waals surface area contributed by atoms with Gasteiger partial charge in [0.05, 0.1) is 0 Å². The van der Waals surface area contributed by atoms with Crippen molar-refractivity contribution in [3.63, 3.8) is 0 Å². The predicted octanol–water partition coefficient (Wildman–Crippen LogP) is 3.36. The molecule has 6 heteroatoms. The number of Topliss-reactive ketones (excluding diaryl/α,β-unsaturated/α-hetero) is 1. The van der Waals surface area contributed by atoms with E-state index in [0.29, 0.717) is 12.0 Å². The zero-order valence-electron chi connectivity index (χ0n) is 11.6. The van der Waals surface area contributed by atoms with Gasteiger partial charge in [0.2, 0.25) is 0 Å². The third-order valence-electron chi connectivity index (χ3n) is 3.71. The SMILES string of the molecule is NC1(CC(=O)Cc2ccc(OC(F)(F)F)cc2)CCCC1. The van der Waals surface area contributed by atoms with Crippen molar-refractivity contribution in [2.45, 2.75) is 50.4 Å². The Labute approximate surface area is 121 Å². The first-order valence-electron chi connectivity index (χ1n) is 6.91. The molecule has 1 aromatic carbocycles. The molecule has 1 saturated carbocycles. The summed E-state index contributed by atoms with van der Waals surface area (Å²) in [7, 11) is 0. The van der Waals surface area contributed by atoms with E-state index in [1.165, 1.54) is 24.3 Å². The van der Waals surface area contributed by atoms with Crippen LogP contribution in [0.1, 0.15) is 37.7 Å². The molecule has 0 bridgehead atoms. The molecule has 0 radical (unpaired) electrons. The first-order chi connectivity index (χ1) is 9.76. The van der Waals surface area contributed by atoms with Crippen LogP contribution in [0.15, 0.2) is 24.3 Å². The van der Waals surface area contributed by atoms with Crippen molar-refractivity contribution in [1.29, 1.82) is 0 Å². The monoisotopic (exact) mass is 301 g/mol. The molecule has 2 N–H and O–H groups in total. The molecule has 0 saturated heterocycles. The highest BCUT2D eigenvalue weighted by Gasteiger charge is 2.32. The Morgan fingerprint density at radius 1 is 1.19 bits per heavy atom. The average molecular weight is 301 g/mol. The summed E-state index contributed by atoms with van der Waals surface area (Å²) in [5, 5.41) is 0. The lowest BCUT2D eigenvalue weighted by Gasteiger charge is -2.22. The molecule has 0 spiro atoms. The largest absolute Gasteiger partial charge is 0.573 e. The lowest BCUT2D eigenvalue weighted by atomic mass is 9.90. The van der Waals surface area contributed by atoms with Crippen molar-refractivity contribution in [3.05, 3.63) is 29.8 Å². The first kappa shape index (κ1) is 15.8. The predicted molar refractivity (Wildman–Crippen MR) is 71.8 cm³/mol. The zero-order chi connectivity index (χ0) is 15.5. The lowest BCUT2D eigenvalue weighted by Crippen LogP contribution is -2.39. The standard InChI is InChI=1S/C15H18F3NO2/c16-15(17,18)21-13-5-3-11(4-6-13)9-12(20)10-14(19)7-1-2-8-14/h3-6H,1-2,7-10,19H2. The molecule has 0 amide bonds. The van der Waals surface area contributed by atoms with Crippen LogP contribution >= 0.6 is 0 Å². The minimum atomic E-state index is -4.70.